The molecule has 0 saturated heterocycles. The van der Waals surface area contributed by atoms with Crippen LogP contribution in [0.4, 0.5) is 0 Å². The van der Waals surface area contributed by atoms with Crippen LogP contribution < -0.4 is 5.32 Å². The number of hydrogen-bond acceptors (Lipinski definition) is 3. The molecule has 88 valence electrons. The SMILES string of the molecule is CCCc1cc(CC(NC)C2CC2)ncn1. The summed E-state index contributed by atoms with van der Waals surface area (Å²) < 4.78 is 0. The van der Waals surface area contributed by atoms with Gasteiger partial charge in [-0.1, -0.05) is 13.3 Å². The van der Waals surface area contributed by atoms with Crippen molar-refractivity contribution in [3.63, 3.8) is 0 Å². The summed E-state index contributed by atoms with van der Waals surface area (Å²) in [6.45, 7) is 2.18. The van der Waals surface area contributed by atoms with E-state index in [1.54, 1.807) is 6.33 Å². The van der Waals surface area contributed by atoms with E-state index in [1.807, 2.05) is 0 Å². The van der Waals surface area contributed by atoms with Crippen molar-refractivity contribution in [3.8, 4) is 0 Å². The van der Waals surface area contributed by atoms with Gasteiger partial charge in [0.15, 0.2) is 0 Å². The van der Waals surface area contributed by atoms with Crippen LogP contribution in [0.3, 0.4) is 0 Å². The zero-order valence-corrected chi connectivity index (χ0v) is 10.2. The van der Waals surface area contributed by atoms with E-state index < -0.39 is 0 Å². The fraction of sp³-hybridized carbons (Fsp3) is 0.692. The predicted molar refractivity (Wildman–Crippen MR) is 65.3 cm³/mol. The molecule has 1 aromatic heterocycles. The van der Waals surface area contributed by atoms with Gasteiger partial charge in [-0.25, -0.2) is 9.97 Å². The minimum Gasteiger partial charge on any atom is -0.316 e. The van der Waals surface area contributed by atoms with Gasteiger partial charge in [-0.05, 0) is 38.3 Å². The molecule has 0 amide bonds. The summed E-state index contributed by atoms with van der Waals surface area (Å²) >= 11 is 0. The molecule has 1 atom stereocenters. The lowest BCUT2D eigenvalue weighted by Crippen LogP contribution is -2.30. The van der Waals surface area contributed by atoms with E-state index in [2.05, 4.69) is 35.3 Å². The van der Waals surface area contributed by atoms with Gasteiger partial charge in [0.1, 0.15) is 6.33 Å². The second-order valence-corrected chi connectivity index (χ2v) is 4.69. The highest BCUT2D eigenvalue weighted by molar-refractivity contribution is 5.10. The van der Waals surface area contributed by atoms with Crippen molar-refractivity contribution in [1.82, 2.24) is 15.3 Å². The Bertz CT molecular complexity index is 334. The fourth-order valence-corrected chi connectivity index (χ4v) is 2.18. The van der Waals surface area contributed by atoms with Crippen molar-refractivity contribution in [1.29, 1.82) is 0 Å². The zero-order valence-electron chi connectivity index (χ0n) is 10.2. The normalized spacial score (nSPS) is 17.4. The van der Waals surface area contributed by atoms with E-state index in [-0.39, 0.29) is 0 Å². The molecule has 1 aliphatic carbocycles. The molecule has 0 aliphatic heterocycles. The molecule has 1 heterocycles. The highest BCUT2D eigenvalue weighted by Crippen LogP contribution is 2.33. The molecule has 16 heavy (non-hydrogen) atoms. The molecule has 1 unspecified atom stereocenters. The van der Waals surface area contributed by atoms with Crippen LogP contribution in [0, 0.1) is 5.92 Å². The third kappa shape index (κ3) is 3.01. The van der Waals surface area contributed by atoms with Gasteiger partial charge < -0.3 is 5.32 Å². The summed E-state index contributed by atoms with van der Waals surface area (Å²) in [5, 5.41) is 3.40. The molecule has 1 fully saturated rings. The Morgan fingerprint density at radius 2 is 2.12 bits per heavy atom. The molecule has 1 N–H and O–H groups in total. The lowest BCUT2D eigenvalue weighted by Gasteiger charge is -2.14. The summed E-state index contributed by atoms with van der Waals surface area (Å²) in [4.78, 5) is 8.66. The van der Waals surface area contributed by atoms with E-state index in [4.69, 9.17) is 0 Å². The van der Waals surface area contributed by atoms with E-state index in [1.165, 1.54) is 24.2 Å². The molecule has 3 heteroatoms. The first-order valence-corrected chi connectivity index (χ1v) is 6.30. The molecule has 3 nitrogen and oxygen atoms in total. The minimum atomic E-state index is 0.601. The van der Waals surface area contributed by atoms with E-state index in [9.17, 15) is 0 Å². The Labute approximate surface area is 97.7 Å². The highest BCUT2D eigenvalue weighted by Gasteiger charge is 2.30. The predicted octanol–water partition coefficient (Wildman–Crippen LogP) is 1.97. The van der Waals surface area contributed by atoms with Gasteiger partial charge in [0, 0.05) is 23.9 Å². The quantitative estimate of drug-likeness (QED) is 0.795. The smallest absolute Gasteiger partial charge is 0.115 e. The second-order valence-electron chi connectivity index (χ2n) is 4.69. The Morgan fingerprint density at radius 1 is 1.38 bits per heavy atom. The topological polar surface area (TPSA) is 37.8 Å². The monoisotopic (exact) mass is 219 g/mol. The standard InChI is InChI=1S/C13H21N3/c1-3-4-11-7-12(16-9-15-11)8-13(14-2)10-5-6-10/h7,9-10,13-14H,3-6,8H2,1-2H3. The maximum Gasteiger partial charge on any atom is 0.115 e. The second kappa shape index (κ2) is 5.39. The third-order valence-electron chi connectivity index (χ3n) is 3.28. The average Bonchev–Trinajstić information content (AvgIpc) is 3.11. The largest absolute Gasteiger partial charge is 0.316 e. The first-order chi connectivity index (χ1) is 7.83. The molecule has 0 spiro atoms. The van der Waals surface area contributed by atoms with Crippen LogP contribution >= 0.6 is 0 Å². The summed E-state index contributed by atoms with van der Waals surface area (Å²) in [6.07, 6.45) is 7.70. The number of rotatable bonds is 6. The van der Waals surface area contributed by atoms with Gasteiger partial charge in [-0.15, -0.1) is 0 Å². The minimum absolute atomic E-state index is 0.601. The van der Waals surface area contributed by atoms with Crippen LogP contribution in [-0.4, -0.2) is 23.1 Å². The molecule has 1 saturated carbocycles. The number of hydrogen-bond donors (Lipinski definition) is 1. The van der Waals surface area contributed by atoms with Crippen molar-refractivity contribution >= 4 is 0 Å². The molecule has 0 bridgehead atoms. The number of nitrogens with zero attached hydrogens (tertiary/aromatic N) is 2. The molecule has 1 aliphatic rings. The van der Waals surface area contributed by atoms with Gasteiger partial charge in [0.2, 0.25) is 0 Å². The average molecular weight is 219 g/mol. The molecule has 1 aromatic rings. The molecule has 0 radical (unpaired) electrons. The summed E-state index contributed by atoms with van der Waals surface area (Å²) in [6, 6.07) is 2.76. The summed E-state index contributed by atoms with van der Waals surface area (Å²) in [5.74, 6) is 0.870. The van der Waals surface area contributed by atoms with Crippen LogP contribution in [0.2, 0.25) is 0 Å². The maximum absolute atomic E-state index is 4.37. The van der Waals surface area contributed by atoms with Crippen molar-refractivity contribution in [2.45, 2.75) is 45.1 Å². The summed E-state index contributed by atoms with van der Waals surface area (Å²) in [7, 11) is 2.05. The number of aromatic nitrogens is 2. The van der Waals surface area contributed by atoms with Gasteiger partial charge in [-0.3, -0.25) is 0 Å². The van der Waals surface area contributed by atoms with Crippen molar-refractivity contribution in [3.05, 3.63) is 23.8 Å². The van der Waals surface area contributed by atoms with E-state index >= 15 is 0 Å². The Hall–Kier alpha value is -0.960. The Kier molecular flexibility index (Phi) is 3.88. The lowest BCUT2D eigenvalue weighted by molar-refractivity contribution is 0.495. The van der Waals surface area contributed by atoms with Crippen LogP contribution in [-0.2, 0) is 12.8 Å². The molecular formula is C13H21N3. The van der Waals surface area contributed by atoms with Crippen molar-refractivity contribution in [2.75, 3.05) is 7.05 Å². The van der Waals surface area contributed by atoms with Crippen LogP contribution in [0.1, 0.15) is 37.6 Å². The molecule has 0 aromatic carbocycles. The van der Waals surface area contributed by atoms with Crippen LogP contribution in [0.5, 0.6) is 0 Å². The molecule has 2 rings (SSSR count). The first kappa shape index (κ1) is 11.5. The lowest BCUT2D eigenvalue weighted by atomic mass is 10.1. The highest BCUT2D eigenvalue weighted by atomic mass is 14.9. The van der Waals surface area contributed by atoms with Gasteiger partial charge >= 0.3 is 0 Å². The van der Waals surface area contributed by atoms with Gasteiger partial charge in [-0.2, -0.15) is 0 Å². The van der Waals surface area contributed by atoms with Crippen LogP contribution in [0.15, 0.2) is 12.4 Å². The maximum atomic E-state index is 4.37. The van der Waals surface area contributed by atoms with E-state index in [0.29, 0.717) is 6.04 Å². The van der Waals surface area contributed by atoms with Gasteiger partial charge in [0.25, 0.3) is 0 Å². The first-order valence-electron chi connectivity index (χ1n) is 6.30. The van der Waals surface area contributed by atoms with Gasteiger partial charge in [0.05, 0.1) is 0 Å². The zero-order chi connectivity index (χ0) is 11.4. The molecular weight excluding hydrogens is 198 g/mol. The van der Waals surface area contributed by atoms with Crippen molar-refractivity contribution in [2.24, 2.45) is 5.92 Å². The van der Waals surface area contributed by atoms with Crippen LogP contribution in [0.25, 0.3) is 0 Å². The Morgan fingerprint density at radius 3 is 2.75 bits per heavy atom. The number of aryl methyl sites for hydroxylation is 1. The third-order valence-corrected chi connectivity index (χ3v) is 3.28. The summed E-state index contributed by atoms with van der Waals surface area (Å²) in [5.41, 5.74) is 2.36. The number of likely N-dealkylation sites (N-methyl/N-ethyl adjacent to an activating group) is 1. The number of nitrogens with one attached hydrogen (secondary N) is 1. The van der Waals surface area contributed by atoms with Crippen molar-refractivity contribution < 1.29 is 0 Å². The van der Waals surface area contributed by atoms with E-state index in [0.717, 1.165) is 25.2 Å². The Balaban J connectivity index is 1.99. The fourth-order valence-electron chi connectivity index (χ4n) is 2.18.